The fraction of sp³-hybridized carbons (Fsp3) is 0.214. The van der Waals surface area contributed by atoms with Crippen LogP contribution in [0, 0.1) is 0 Å². The third-order valence-electron chi connectivity index (χ3n) is 2.51. The molecule has 0 aliphatic rings. The Morgan fingerprint density at radius 3 is 2.62 bits per heavy atom. The van der Waals surface area contributed by atoms with Crippen LogP contribution in [0.15, 0.2) is 50.8 Å². The molecule has 0 unspecified atom stereocenters. The average molecular weight is 377 g/mol. The molecule has 2 aromatic rings. The number of nitrogens with one attached hydrogen (secondary N) is 1. The van der Waals surface area contributed by atoms with E-state index in [0.29, 0.717) is 11.6 Å². The van der Waals surface area contributed by atoms with Gasteiger partial charge >= 0.3 is 6.18 Å². The lowest BCUT2D eigenvalue weighted by Crippen LogP contribution is -2.08. The smallest absolute Gasteiger partial charge is 0.370 e. The van der Waals surface area contributed by atoms with Gasteiger partial charge in [0.1, 0.15) is 10.8 Å². The molecule has 1 aromatic heterocycles. The second kappa shape index (κ2) is 6.70. The molecule has 112 valence electrons. The van der Waals surface area contributed by atoms with Gasteiger partial charge in [0.2, 0.25) is 0 Å². The fourth-order valence-electron chi connectivity index (χ4n) is 1.64. The van der Waals surface area contributed by atoms with E-state index in [-0.39, 0.29) is 5.82 Å². The Balaban J connectivity index is 2.35. The van der Waals surface area contributed by atoms with Gasteiger partial charge in [0, 0.05) is 15.9 Å². The summed E-state index contributed by atoms with van der Waals surface area (Å²) in [5, 5.41) is 3.13. The third kappa shape index (κ3) is 4.64. The van der Waals surface area contributed by atoms with Crippen molar-refractivity contribution < 1.29 is 13.2 Å². The number of halogens is 4. The Kier molecular flexibility index (Phi) is 5.16. The summed E-state index contributed by atoms with van der Waals surface area (Å²) in [6.07, 6.45) is -4.39. The number of pyridine rings is 1. The summed E-state index contributed by atoms with van der Waals surface area (Å²) in [4.78, 5) is 5.02. The minimum atomic E-state index is -4.39. The van der Waals surface area contributed by atoms with Crippen LogP contribution in [0.2, 0.25) is 0 Å². The predicted octanol–water partition coefficient (Wildman–Crippen LogP) is 5.45. The number of anilines is 1. The molecule has 0 atom stereocenters. The van der Waals surface area contributed by atoms with Gasteiger partial charge < -0.3 is 5.32 Å². The normalized spacial score (nSPS) is 11.5. The van der Waals surface area contributed by atoms with E-state index >= 15 is 0 Å². The maximum atomic E-state index is 12.9. The molecule has 1 heterocycles. The summed E-state index contributed by atoms with van der Waals surface area (Å²) < 4.78 is 39.6. The van der Waals surface area contributed by atoms with Crippen LogP contribution in [0.25, 0.3) is 0 Å². The molecule has 7 heteroatoms. The highest BCUT2D eigenvalue weighted by Gasteiger charge is 2.31. The Morgan fingerprint density at radius 2 is 2.00 bits per heavy atom. The Bertz CT molecular complexity index is 632. The maximum Gasteiger partial charge on any atom is 0.416 e. The quantitative estimate of drug-likeness (QED) is 0.768. The first-order valence-electron chi connectivity index (χ1n) is 6.15. The average Bonchev–Trinajstić information content (AvgIpc) is 2.37. The van der Waals surface area contributed by atoms with Crippen molar-refractivity contribution >= 4 is 33.5 Å². The zero-order chi connectivity index (χ0) is 15.5. The summed E-state index contributed by atoms with van der Waals surface area (Å²) >= 11 is 4.53. The van der Waals surface area contributed by atoms with Crippen LogP contribution in [0.1, 0.15) is 12.5 Å². The number of benzene rings is 1. The minimum Gasteiger partial charge on any atom is -0.370 e. The largest absolute Gasteiger partial charge is 0.416 e. The van der Waals surface area contributed by atoms with Crippen LogP contribution in [0.4, 0.5) is 19.0 Å². The Labute approximate surface area is 133 Å². The second-order valence-corrected chi connectivity index (χ2v) is 6.18. The Morgan fingerprint density at radius 1 is 1.24 bits per heavy atom. The van der Waals surface area contributed by atoms with Crippen molar-refractivity contribution in [1.82, 2.24) is 4.98 Å². The fourth-order valence-corrected chi connectivity index (χ4v) is 3.10. The van der Waals surface area contributed by atoms with E-state index in [1.807, 2.05) is 31.2 Å². The molecule has 21 heavy (non-hydrogen) atoms. The lowest BCUT2D eigenvalue weighted by molar-refractivity contribution is -0.137. The van der Waals surface area contributed by atoms with Crippen LogP contribution >= 0.6 is 27.7 Å². The van der Waals surface area contributed by atoms with E-state index in [9.17, 15) is 13.2 Å². The number of alkyl halides is 3. The third-order valence-corrected chi connectivity index (χ3v) is 3.91. The van der Waals surface area contributed by atoms with E-state index in [2.05, 4.69) is 26.2 Å². The number of hydrogen-bond donors (Lipinski definition) is 1. The molecule has 0 aliphatic heterocycles. The van der Waals surface area contributed by atoms with Gasteiger partial charge in [-0.2, -0.15) is 13.2 Å². The highest BCUT2D eigenvalue weighted by atomic mass is 79.9. The van der Waals surface area contributed by atoms with Crippen LogP contribution in [-0.2, 0) is 6.18 Å². The summed E-state index contributed by atoms with van der Waals surface area (Å²) in [7, 11) is 0. The summed E-state index contributed by atoms with van der Waals surface area (Å²) in [5.74, 6) is 0.227. The van der Waals surface area contributed by atoms with Gasteiger partial charge in [-0.25, -0.2) is 4.98 Å². The second-order valence-electron chi connectivity index (χ2n) is 4.17. The maximum absolute atomic E-state index is 12.9. The molecule has 0 radical (unpaired) electrons. The van der Waals surface area contributed by atoms with Crippen molar-refractivity contribution in [3.8, 4) is 0 Å². The van der Waals surface area contributed by atoms with Gasteiger partial charge in [0.25, 0.3) is 0 Å². The summed E-state index contributed by atoms with van der Waals surface area (Å²) in [5.41, 5.74) is -0.703. The molecular weight excluding hydrogens is 365 g/mol. The van der Waals surface area contributed by atoms with Gasteiger partial charge in [-0.15, -0.1) is 0 Å². The molecule has 0 aliphatic carbocycles. The van der Waals surface area contributed by atoms with Crippen molar-refractivity contribution in [2.45, 2.75) is 23.0 Å². The van der Waals surface area contributed by atoms with E-state index in [1.54, 1.807) is 0 Å². The van der Waals surface area contributed by atoms with Crippen LogP contribution in [0.5, 0.6) is 0 Å². The lowest BCUT2D eigenvalue weighted by atomic mass is 10.2. The molecule has 0 saturated heterocycles. The van der Waals surface area contributed by atoms with Crippen molar-refractivity contribution in [3.05, 3.63) is 46.4 Å². The summed E-state index contributed by atoms with van der Waals surface area (Å²) in [6.45, 7) is 2.32. The molecule has 0 fully saturated rings. The molecule has 0 spiro atoms. The topological polar surface area (TPSA) is 24.9 Å². The van der Waals surface area contributed by atoms with Crippen LogP contribution in [-0.4, -0.2) is 11.5 Å². The standard InChI is InChI=1S/C14H12BrF3N2S/c1-2-19-12-6-9(14(16,17)18)7-13(20-12)21-11-5-3-4-10(15)8-11/h3-8H,2H2,1H3,(H,19,20). The zero-order valence-corrected chi connectivity index (χ0v) is 13.4. The minimum absolute atomic E-state index is 0.227. The van der Waals surface area contributed by atoms with Gasteiger partial charge in [0.15, 0.2) is 0 Å². The SMILES string of the molecule is CCNc1cc(C(F)(F)F)cc(Sc2cccc(Br)c2)n1. The van der Waals surface area contributed by atoms with E-state index in [4.69, 9.17) is 0 Å². The highest BCUT2D eigenvalue weighted by Crippen LogP contribution is 2.35. The molecule has 0 amide bonds. The molecule has 1 aromatic carbocycles. The van der Waals surface area contributed by atoms with Crippen molar-refractivity contribution in [1.29, 1.82) is 0 Å². The van der Waals surface area contributed by atoms with Crippen molar-refractivity contribution in [2.75, 3.05) is 11.9 Å². The monoisotopic (exact) mass is 376 g/mol. The van der Waals surface area contributed by atoms with E-state index < -0.39 is 11.7 Å². The molecule has 0 bridgehead atoms. The van der Waals surface area contributed by atoms with Gasteiger partial charge in [-0.1, -0.05) is 33.8 Å². The molecule has 1 N–H and O–H groups in total. The zero-order valence-electron chi connectivity index (χ0n) is 11.0. The van der Waals surface area contributed by atoms with Gasteiger partial charge in [-0.3, -0.25) is 0 Å². The predicted molar refractivity (Wildman–Crippen MR) is 81.7 cm³/mol. The summed E-state index contributed by atoms with van der Waals surface area (Å²) in [6, 6.07) is 9.42. The van der Waals surface area contributed by atoms with E-state index in [0.717, 1.165) is 21.5 Å². The number of rotatable bonds is 4. The van der Waals surface area contributed by atoms with Crippen LogP contribution in [0.3, 0.4) is 0 Å². The van der Waals surface area contributed by atoms with Crippen molar-refractivity contribution in [3.63, 3.8) is 0 Å². The molecular formula is C14H12BrF3N2S. The molecule has 2 nitrogen and oxygen atoms in total. The number of aromatic nitrogens is 1. The lowest BCUT2D eigenvalue weighted by Gasteiger charge is -2.12. The number of nitrogens with zero attached hydrogens (tertiary/aromatic N) is 1. The first-order chi connectivity index (χ1) is 9.88. The van der Waals surface area contributed by atoms with E-state index in [1.165, 1.54) is 11.8 Å². The van der Waals surface area contributed by atoms with Gasteiger partial charge in [-0.05, 0) is 37.3 Å². The first kappa shape index (κ1) is 16.2. The molecule has 0 saturated carbocycles. The first-order valence-corrected chi connectivity index (χ1v) is 7.76. The van der Waals surface area contributed by atoms with Crippen molar-refractivity contribution in [2.24, 2.45) is 0 Å². The molecule has 2 rings (SSSR count). The van der Waals surface area contributed by atoms with Gasteiger partial charge in [0.05, 0.1) is 5.56 Å². The van der Waals surface area contributed by atoms with Crippen LogP contribution < -0.4 is 5.32 Å². The number of hydrogen-bond acceptors (Lipinski definition) is 3. The highest BCUT2D eigenvalue weighted by molar-refractivity contribution is 9.10. The Hall–Kier alpha value is -1.21.